The van der Waals surface area contributed by atoms with Gasteiger partial charge in [0.25, 0.3) is 0 Å². The van der Waals surface area contributed by atoms with Crippen molar-refractivity contribution < 1.29 is 33.5 Å². The number of hydrogen-bond acceptors (Lipinski definition) is 4. The number of phosphoric ester groups is 1. The highest BCUT2D eigenvalue weighted by atomic mass is 31.2. The Morgan fingerprint density at radius 2 is 1.91 bits per heavy atom. The van der Waals surface area contributed by atoms with Gasteiger partial charge in [-0.2, -0.15) is 0 Å². The van der Waals surface area contributed by atoms with Crippen molar-refractivity contribution in [3.05, 3.63) is 0 Å². The molecule has 0 radical (unpaired) electrons. The molecule has 6 nitrogen and oxygen atoms in total. The maximum atomic E-state index is 11.5. The smallest absolute Gasteiger partial charge is 0.362 e. The second-order valence-electron chi connectivity index (χ2n) is 1.88. The largest absolute Gasteiger partial charge is 0.469 e. The molecule has 0 bridgehead atoms. The molecule has 11 heavy (non-hydrogen) atoms. The van der Waals surface area contributed by atoms with Crippen LogP contribution >= 0.6 is 7.82 Å². The summed E-state index contributed by atoms with van der Waals surface area (Å²) in [5.41, 5.74) is 0. The first-order valence-corrected chi connectivity index (χ1v) is 4.01. The first-order chi connectivity index (χ1) is 4.77. The highest BCUT2D eigenvalue weighted by Gasteiger charge is 2.27. The van der Waals surface area contributed by atoms with Gasteiger partial charge in [0.05, 0.1) is 0 Å². The predicted molar refractivity (Wildman–Crippen MR) is 31.1 cm³/mol. The van der Waals surface area contributed by atoms with E-state index in [-0.39, 0.29) is 0 Å². The first-order valence-electron chi connectivity index (χ1n) is 2.48. The Bertz CT molecular complexity index is 163. The summed E-state index contributed by atoms with van der Waals surface area (Å²) in [6.07, 6.45) is 0. The summed E-state index contributed by atoms with van der Waals surface area (Å²) in [5, 5.41) is 16.8. The number of halogens is 1. The van der Waals surface area contributed by atoms with Crippen molar-refractivity contribution in [3.63, 3.8) is 0 Å². The van der Waals surface area contributed by atoms with Crippen molar-refractivity contribution in [2.45, 2.75) is 5.79 Å². The van der Waals surface area contributed by atoms with E-state index in [1.54, 1.807) is 0 Å². The van der Waals surface area contributed by atoms with Gasteiger partial charge in [0, 0.05) is 0 Å². The summed E-state index contributed by atoms with van der Waals surface area (Å²) in [6.45, 7) is -2.74. The fourth-order valence-corrected chi connectivity index (χ4v) is 0.601. The van der Waals surface area contributed by atoms with Crippen LogP contribution in [-0.2, 0) is 9.09 Å². The van der Waals surface area contributed by atoms with Crippen LogP contribution in [0.25, 0.3) is 0 Å². The van der Waals surface area contributed by atoms with Crippen LogP contribution < -0.4 is 0 Å². The molecule has 68 valence electrons. The lowest BCUT2D eigenvalue weighted by Gasteiger charge is -2.17. The standard InChI is InChI=1S/C3H8FO6P/c4-1-3(5,6)2-10-11(7,8)9/h5-6H,1-2H2,(H2,7,8,9). The minimum absolute atomic E-state index is 1.17. The molecule has 0 spiro atoms. The molecule has 0 aliphatic heterocycles. The maximum absolute atomic E-state index is 11.5. The number of aliphatic hydroxyl groups is 2. The summed E-state index contributed by atoms with van der Waals surface area (Å²) < 4.78 is 25.0. The van der Waals surface area contributed by atoms with Crippen molar-refractivity contribution in [1.82, 2.24) is 0 Å². The molecule has 0 atom stereocenters. The van der Waals surface area contributed by atoms with Crippen LogP contribution in [0.5, 0.6) is 0 Å². The zero-order valence-corrected chi connectivity index (χ0v) is 6.24. The Labute approximate surface area is 61.5 Å². The zero-order chi connectivity index (χ0) is 9.12. The van der Waals surface area contributed by atoms with E-state index in [1.165, 1.54) is 0 Å². The van der Waals surface area contributed by atoms with Gasteiger partial charge < -0.3 is 20.0 Å². The quantitative estimate of drug-likeness (QED) is 0.325. The van der Waals surface area contributed by atoms with Gasteiger partial charge >= 0.3 is 7.82 Å². The predicted octanol–water partition coefficient (Wildman–Crippen LogP) is -1.25. The highest BCUT2D eigenvalue weighted by Crippen LogP contribution is 2.36. The minimum Gasteiger partial charge on any atom is -0.362 e. The van der Waals surface area contributed by atoms with Crippen LogP contribution in [-0.4, -0.2) is 39.1 Å². The molecule has 0 aromatic heterocycles. The maximum Gasteiger partial charge on any atom is 0.469 e. The number of alkyl halides is 1. The Hall–Kier alpha value is -0.0400. The monoisotopic (exact) mass is 190 g/mol. The highest BCUT2D eigenvalue weighted by molar-refractivity contribution is 7.46. The summed E-state index contributed by atoms with van der Waals surface area (Å²) in [6, 6.07) is 0. The van der Waals surface area contributed by atoms with Crippen molar-refractivity contribution in [2.24, 2.45) is 0 Å². The molecular weight excluding hydrogens is 182 g/mol. The lowest BCUT2D eigenvalue weighted by Crippen LogP contribution is -2.36. The van der Waals surface area contributed by atoms with Gasteiger partial charge in [0.2, 0.25) is 5.79 Å². The average molecular weight is 190 g/mol. The molecule has 0 rings (SSSR count). The van der Waals surface area contributed by atoms with Crippen molar-refractivity contribution in [2.75, 3.05) is 13.3 Å². The van der Waals surface area contributed by atoms with Crippen LogP contribution in [0.1, 0.15) is 0 Å². The topological polar surface area (TPSA) is 107 Å². The van der Waals surface area contributed by atoms with E-state index in [4.69, 9.17) is 20.0 Å². The van der Waals surface area contributed by atoms with Crippen LogP contribution in [0.2, 0.25) is 0 Å². The lowest BCUT2D eigenvalue weighted by atomic mass is 10.3. The van der Waals surface area contributed by atoms with E-state index in [2.05, 4.69) is 4.52 Å². The van der Waals surface area contributed by atoms with Crippen LogP contribution in [0.15, 0.2) is 0 Å². The van der Waals surface area contributed by atoms with Crippen molar-refractivity contribution in [1.29, 1.82) is 0 Å². The minimum atomic E-state index is -4.76. The molecule has 0 saturated carbocycles. The Morgan fingerprint density at radius 1 is 1.45 bits per heavy atom. The molecular formula is C3H8FO6P. The fraction of sp³-hybridized carbons (Fsp3) is 1.00. The normalized spacial score (nSPS) is 13.5. The average Bonchev–Trinajstić information content (AvgIpc) is 1.83. The molecule has 0 heterocycles. The van der Waals surface area contributed by atoms with Gasteiger partial charge in [-0.1, -0.05) is 0 Å². The summed E-state index contributed by atoms with van der Waals surface area (Å²) in [7, 11) is -4.76. The molecule has 4 N–H and O–H groups in total. The molecule has 0 aliphatic rings. The second kappa shape index (κ2) is 3.57. The van der Waals surface area contributed by atoms with Gasteiger partial charge in [0.15, 0.2) is 0 Å². The van der Waals surface area contributed by atoms with Gasteiger partial charge in [0.1, 0.15) is 13.3 Å². The third-order valence-corrected chi connectivity index (χ3v) is 1.14. The SMILES string of the molecule is O=P(O)(O)OCC(O)(O)CF. The molecule has 0 amide bonds. The molecule has 0 unspecified atom stereocenters. The fourth-order valence-electron chi connectivity index (χ4n) is 0.226. The first kappa shape index (κ1) is 11.0. The number of phosphoric acid groups is 1. The second-order valence-corrected chi connectivity index (χ2v) is 3.12. The van der Waals surface area contributed by atoms with E-state index < -0.39 is 26.9 Å². The summed E-state index contributed by atoms with van der Waals surface area (Å²) >= 11 is 0. The van der Waals surface area contributed by atoms with Crippen LogP contribution in [0, 0.1) is 0 Å². The third kappa shape index (κ3) is 6.36. The van der Waals surface area contributed by atoms with E-state index in [0.29, 0.717) is 0 Å². The molecule has 0 aromatic carbocycles. The van der Waals surface area contributed by atoms with E-state index in [0.717, 1.165) is 0 Å². The Kier molecular flexibility index (Phi) is 3.56. The number of hydrogen-bond donors (Lipinski definition) is 4. The molecule has 0 aromatic rings. The van der Waals surface area contributed by atoms with E-state index in [1.807, 2.05) is 0 Å². The summed E-state index contributed by atoms with van der Waals surface area (Å²) in [4.78, 5) is 16.0. The van der Waals surface area contributed by atoms with Gasteiger partial charge in [-0.25, -0.2) is 8.96 Å². The van der Waals surface area contributed by atoms with E-state index >= 15 is 0 Å². The van der Waals surface area contributed by atoms with Gasteiger partial charge in [-0.15, -0.1) is 0 Å². The van der Waals surface area contributed by atoms with Crippen molar-refractivity contribution >= 4 is 7.82 Å². The Balaban J connectivity index is 3.80. The zero-order valence-electron chi connectivity index (χ0n) is 5.34. The Morgan fingerprint density at radius 3 is 2.18 bits per heavy atom. The lowest BCUT2D eigenvalue weighted by molar-refractivity contribution is -0.192. The van der Waals surface area contributed by atoms with Crippen LogP contribution in [0.3, 0.4) is 0 Å². The molecule has 8 heteroatoms. The summed E-state index contributed by atoms with van der Waals surface area (Å²) in [5.74, 6) is -2.83. The number of rotatable bonds is 4. The molecule has 0 saturated heterocycles. The van der Waals surface area contributed by atoms with Crippen molar-refractivity contribution in [3.8, 4) is 0 Å². The molecule has 0 aliphatic carbocycles. The van der Waals surface area contributed by atoms with E-state index in [9.17, 15) is 8.96 Å². The van der Waals surface area contributed by atoms with Gasteiger partial charge in [-0.3, -0.25) is 4.52 Å². The third-order valence-electron chi connectivity index (χ3n) is 0.678. The van der Waals surface area contributed by atoms with Gasteiger partial charge in [-0.05, 0) is 0 Å². The van der Waals surface area contributed by atoms with Crippen LogP contribution in [0.4, 0.5) is 4.39 Å². The molecule has 0 fully saturated rings.